The minimum Gasteiger partial charge on any atom is -0.508 e. The standard InChI is InChI=1S/C12H8N4O3/c17-8-3-7(4-9(18)5-8)12-15-11(16-19-12)10-1-2-13-6-14-10/h1-6,17-18H. The number of nitrogens with zero attached hydrogens (tertiary/aromatic N) is 4. The zero-order valence-electron chi connectivity index (χ0n) is 9.56. The number of hydrogen-bond donors (Lipinski definition) is 2. The van der Waals surface area contributed by atoms with Crippen LogP contribution in [0.3, 0.4) is 0 Å². The van der Waals surface area contributed by atoms with Gasteiger partial charge in [0.25, 0.3) is 5.89 Å². The molecule has 3 rings (SSSR count). The average Bonchev–Trinajstić information content (AvgIpc) is 2.88. The molecule has 0 aliphatic rings. The van der Waals surface area contributed by atoms with E-state index in [0.29, 0.717) is 17.1 Å². The lowest BCUT2D eigenvalue weighted by molar-refractivity contribution is 0.428. The molecule has 0 saturated heterocycles. The van der Waals surface area contributed by atoms with Crippen molar-refractivity contribution in [3.05, 3.63) is 36.8 Å². The Bertz CT molecular complexity index is 692. The smallest absolute Gasteiger partial charge is 0.258 e. The zero-order valence-corrected chi connectivity index (χ0v) is 9.56. The molecule has 2 aromatic heterocycles. The van der Waals surface area contributed by atoms with Gasteiger partial charge in [0.15, 0.2) is 0 Å². The maximum Gasteiger partial charge on any atom is 0.258 e. The number of phenols is 2. The van der Waals surface area contributed by atoms with E-state index < -0.39 is 0 Å². The quantitative estimate of drug-likeness (QED) is 0.717. The number of phenolic OH excluding ortho intramolecular Hbond substituents is 2. The van der Waals surface area contributed by atoms with Crippen molar-refractivity contribution < 1.29 is 14.7 Å². The van der Waals surface area contributed by atoms with Crippen molar-refractivity contribution in [1.29, 1.82) is 0 Å². The molecule has 0 radical (unpaired) electrons. The van der Waals surface area contributed by atoms with Crippen LogP contribution in [0.25, 0.3) is 23.0 Å². The van der Waals surface area contributed by atoms with E-state index in [4.69, 9.17) is 4.52 Å². The highest BCUT2D eigenvalue weighted by Gasteiger charge is 2.12. The third-order valence-corrected chi connectivity index (χ3v) is 2.39. The molecule has 94 valence electrons. The van der Waals surface area contributed by atoms with Crippen LogP contribution in [0.5, 0.6) is 11.5 Å². The molecule has 3 aromatic rings. The van der Waals surface area contributed by atoms with Gasteiger partial charge in [-0.2, -0.15) is 4.98 Å². The number of aromatic nitrogens is 4. The third kappa shape index (κ3) is 2.21. The normalized spacial score (nSPS) is 10.5. The summed E-state index contributed by atoms with van der Waals surface area (Å²) in [7, 11) is 0. The Morgan fingerprint density at radius 3 is 2.53 bits per heavy atom. The Labute approximate surface area is 107 Å². The summed E-state index contributed by atoms with van der Waals surface area (Å²) in [6, 6.07) is 5.69. The van der Waals surface area contributed by atoms with Crippen LogP contribution in [0, 0.1) is 0 Å². The SMILES string of the molecule is Oc1cc(O)cc(-c2nc(-c3ccncn3)no2)c1. The van der Waals surface area contributed by atoms with Gasteiger partial charge < -0.3 is 14.7 Å². The Morgan fingerprint density at radius 2 is 1.84 bits per heavy atom. The summed E-state index contributed by atoms with van der Waals surface area (Å²) < 4.78 is 5.07. The summed E-state index contributed by atoms with van der Waals surface area (Å²) in [6.07, 6.45) is 2.95. The monoisotopic (exact) mass is 256 g/mol. The first-order valence-corrected chi connectivity index (χ1v) is 5.36. The second kappa shape index (κ2) is 4.37. The van der Waals surface area contributed by atoms with Gasteiger partial charge in [-0.15, -0.1) is 0 Å². The summed E-state index contributed by atoms with van der Waals surface area (Å²) in [6.45, 7) is 0. The molecule has 19 heavy (non-hydrogen) atoms. The van der Waals surface area contributed by atoms with Gasteiger partial charge in [0.05, 0.1) is 0 Å². The van der Waals surface area contributed by atoms with E-state index in [2.05, 4.69) is 20.1 Å². The van der Waals surface area contributed by atoms with Crippen LogP contribution in [-0.4, -0.2) is 30.3 Å². The Balaban J connectivity index is 2.02. The Morgan fingerprint density at radius 1 is 1.05 bits per heavy atom. The molecule has 0 fully saturated rings. The first-order valence-electron chi connectivity index (χ1n) is 5.36. The first-order chi connectivity index (χ1) is 9.22. The second-order valence-electron chi connectivity index (χ2n) is 3.76. The van der Waals surface area contributed by atoms with Gasteiger partial charge in [-0.3, -0.25) is 0 Å². The summed E-state index contributed by atoms with van der Waals surface area (Å²) >= 11 is 0. The molecule has 0 saturated carbocycles. The topological polar surface area (TPSA) is 105 Å². The van der Waals surface area contributed by atoms with E-state index >= 15 is 0 Å². The highest BCUT2D eigenvalue weighted by molar-refractivity contribution is 5.61. The van der Waals surface area contributed by atoms with E-state index in [0.717, 1.165) is 0 Å². The van der Waals surface area contributed by atoms with Gasteiger partial charge in [0, 0.05) is 17.8 Å². The van der Waals surface area contributed by atoms with Gasteiger partial charge in [0.2, 0.25) is 5.82 Å². The van der Waals surface area contributed by atoms with Crippen LogP contribution in [-0.2, 0) is 0 Å². The molecule has 2 heterocycles. The van der Waals surface area contributed by atoms with E-state index in [1.54, 1.807) is 12.3 Å². The fourth-order valence-electron chi connectivity index (χ4n) is 1.59. The van der Waals surface area contributed by atoms with Crippen molar-refractivity contribution in [3.63, 3.8) is 0 Å². The summed E-state index contributed by atoms with van der Waals surface area (Å²) in [5.41, 5.74) is 0.944. The molecule has 1 aromatic carbocycles. The van der Waals surface area contributed by atoms with E-state index in [1.165, 1.54) is 24.5 Å². The van der Waals surface area contributed by atoms with Crippen molar-refractivity contribution in [2.75, 3.05) is 0 Å². The molecule has 0 aliphatic carbocycles. The van der Waals surface area contributed by atoms with E-state index in [1.807, 2.05) is 0 Å². The molecule has 0 bridgehead atoms. The van der Waals surface area contributed by atoms with Crippen molar-refractivity contribution in [1.82, 2.24) is 20.1 Å². The molecule has 7 heteroatoms. The van der Waals surface area contributed by atoms with Crippen molar-refractivity contribution in [3.8, 4) is 34.5 Å². The highest BCUT2D eigenvalue weighted by atomic mass is 16.5. The van der Waals surface area contributed by atoms with Gasteiger partial charge in [-0.05, 0) is 18.2 Å². The largest absolute Gasteiger partial charge is 0.508 e. The summed E-state index contributed by atoms with van der Waals surface area (Å²) in [4.78, 5) is 11.9. The molecule has 2 N–H and O–H groups in total. The van der Waals surface area contributed by atoms with Gasteiger partial charge >= 0.3 is 0 Å². The summed E-state index contributed by atoms with van der Waals surface area (Å²) in [5, 5.41) is 22.6. The zero-order chi connectivity index (χ0) is 13.2. The van der Waals surface area contributed by atoms with Crippen LogP contribution >= 0.6 is 0 Å². The number of aromatic hydroxyl groups is 2. The van der Waals surface area contributed by atoms with E-state index in [-0.39, 0.29) is 17.4 Å². The third-order valence-electron chi connectivity index (χ3n) is 2.39. The molecule has 0 atom stereocenters. The molecular weight excluding hydrogens is 248 g/mol. The Kier molecular flexibility index (Phi) is 2.57. The van der Waals surface area contributed by atoms with Crippen LogP contribution in [0.4, 0.5) is 0 Å². The molecular formula is C12H8N4O3. The average molecular weight is 256 g/mol. The predicted octanol–water partition coefficient (Wildman–Crippen LogP) is 1.60. The number of rotatable bonds is 2. The lowest BCUT2D eigenvalue weighted by atomic mass is 10.2. The minimum absolute atomic E-state index is 0.0863. The lowest BCUT2D eigenvalue weighted by Crippen LogP contribution is -1.85. The number of hydrogen-bond acceptors (Lipinski definition) is 7. The van der Waals surface area contributed by atoms with E-state index in [9.17, 15) is 10.2 Å². The van der Waals surface area contributed by atoms with Crippen LogP contribution in [0.15, 0.2) is 41.3 Å². The fraction of sp³-hybridized carbons (Fsp3) is 0. The van der Waals surface area contributed by atoms with Gasteiger partial charge in [-0.1, -0.05) is 5.16 Å². The van der Waals surface area contributed by atoms with Gasteiger partial charge in [0.1, 0.15) is 23.5 Å². The maximum absolute atomic E-state index is 9.41. The lowest BCUT2D eigenvalue weighted by Gasteiger charge is -1.97. The van der Waals surface area contributed by atoms with Crippen LogP contribution in [0.1, 0.15) is 0 Å². The Hall–Kier alpha value is -2.96. The number of benzene rings is 1. The van der Waals surface area contributed by atoms with Crippen molar-refractivity contribution in [2.24, 2.45) is 0 Å². The molecule has 7 nitrogen and oxygen atoms in total. The molecule has 0 unspecified atom stereocenters. The molecule has 0 amide bonds. The maximum atomic E-state index is 9.41. The van der Waals surface area contributed by atoms with Crippen LogP contribution in [0.2, 0.25) is 0 Å². The molecule has 0 aliphatic heterocycles. The van der Waals surface area contributed by atoms with Gasteiger partial charge in [-0.25, -0.2) is 9.97 Å². The van der Waals surface area contributed by atoms with Crippen molar-refractivity contribution in [2.45, 2.75) is 0 Å². The fourth-order valence-corrected chi connectivity index (χ4v) is 1.59. The first kappa shape index (κ1) is 11.1. The van der Waals surface area contributed by atoms with Crippen LogP contribution < -0.4 is 0 Å². The predicted molar refractivity (Wildman–Crippen MR) is 64.1 cm³/mol. The highest BCUT2D eigenvalue weighted by Crippen LogP contribution is 2.28. The molecule has 0 spiro atoms. The second-order valence-corrected chi connectivity index (χ2v) is 3.76. The summed E-state index contributed by atoms with van der Waals surface area (Å²) in [5.74, 6) is 0.314. The minimum atomic E-state index is -0.0863. The van der Waals surface area contributed by atoms with Crippen molar-refractivity contribution >= 4 is 0 Å².